The fraction of sp³-hybridized carbons (Fsp3) is 0.400. The van der Waals surface area contributed by atoms with Gasteiger partial charge in [0.25, 0.3) is 0 Å². The second-order valence-electron chi connectivity index (χ2n) is 3.01. The van der Waals surface area contributed by atoms with Gasteiger partial charge in [-0.25, -0.2) is 0 Å². The molecule has 0 spiro atoms. The predicted octanol–water partition coefficient (Wildman–Crippen LogP) is 2.62. The molecule has 1 nitrogen and oxygen atoms in total. The molecule has 0 aromatic heterocycles. The van der Waals surface area contributed by atoms with E-state index in [1.54, 1.807) is 0 Å². The minimum atomic E-state index is -0.0960. The molecular formula is C10H12OS. The van der Waals surface area contributed by atoms with E-state index in [9.17, 15) is 0 Å². The lowest BCUT2D eigenvalue weighted by atomic mass is 10.1. The van der Waals surface area contributed by atoms with Crippen LogP contribution in [-0.4, -0.2) is 12.4 Å². The number of hydrogen-bond acceptors (Lipinski definition) is 2. The first kappa shape index (κ1) is 8.14. The number of rotatable bonds is 1. The van der Waals surface area contributed by atoms with Crippen LogP contribution in [0.4, 0.5) is 0 Å². The normalized spacial score (nSPS) is 29.1. The highest BCUT2D eigenvalue weighted by Gasteiger charge is 2.32. The molecule has 0 N–H and O–H groups in total. The van der Waals surface area contributed by atoms with Crippen molar-refractivity contribution in [3.8, 4) is 0 Å². The number of hydrogen-bond donors (Lipinski definition) is 0. The minimum absolute atomic E-state index is 0.0960. The maximum absolute atomic E-state index is 5.69. The van der Waals surface area contributed by atoms with Crippen LogP contribution in [0.5, 0.6) is 0 Å². The van der Waals surface area contributed by atoms with Gasteiger partial charge in [0, 0.05) is 5.75 Å². The Labute approximate surface area is 77.1 Å². The Bertz CT molecular complexity index is 252. The Hall–Kier alpha value is -0.470. The van der Waals surface area contributed by atoms with Crippen LogP contribution >= 0.6 is 11.8 Å². The molecule has 0 aliphatic carbocycles. The average molecular weight is 180 g/mol. The maximum Gasteiger partial charge on any atom is 0.136 e. The standard InChI is InChI=1S/C10H12OS/c1-10(11-7-8-12-10)9-5-3-2-4-6-9/h2-6H,7-8H2,1H3/t10-/m1/s1. The average Bonchev–Trinajstić information content (AvgIpc) is 2.55. The Morgan fingerprint density at radius 3 is 2.67 bits per heavy atom. The largest absolute Gasteiger partial charge is 0.359 e. The lowest BCUT2D eigenvalue weighted by Crippen LogP contribution is -2.15. The first-order valence-corrected chi connectivity index (χ1v) is 5.13. The van der Waals surface area contributed by atoms with E-state index in [1.165, 1.54) is 5.56 Å². The van der Waals surface area contributed by atoms with Gasteiger partial charge in [0.15, 0.2) is 0 Å². The van der Waals surface area contributed by atoms with Gasteiger partial charge in [0.05, 0.1) is 6.61 Å². The van der Waals surface area contributed by atoms with Crippen LogP contribution in [0.3, 0.4) is 0 Å². The van der Waals surface area contributed by atoms with E-state index in [0.717, 1.165) is 12.4 Å². The molecule has 0 radical (unpaired) electrons. The first-order chi connectivity index (χ1) is 5.81. The Balaban J connectivity index is 2.29. The maximum atomic E-state index is 5.69. The highest BCUT2D eigenvalue weighted by atomic mass is 32.2. The second kappa shape index (κ2) is 3.11. The number of benzene rings is 1. The van der Waals surface area contributed by atoms with Crippen molar-refractivity contribution in [1.29, 1.82) is 0 Å². The van der Waals surface area contributed by atoms with E-state index in [4.69, 9.17) is 4.74 Å². The third kappa shape index (κ3) is 1.37. The molecular weight excluding hydrogens is 168 g/mol. The van der Waals surface area contributed by atoms with Crippen LogP contribution in [-0.2, 0) is 9.67 Å². The summed E-state index contributed by atoms with van der Waals surface area (Å²) in [7, 11) is 0. The zero-order valence-electron chi connectivity index (χ0n) is 7.12. The van der Waals surface area contributed by atoms with Gasteiger partial charge in [-0.05, 0) is 12.5 Å². The molecule has 1 heterocycles. The molecule has 1 aromatic rings. The fourth-order valence-electron chi connectivity index (χ4n) is 1.42. The highest BCUT2D eigenvalue weighted by molar-refractivity contribution is 8.00. The van der Waals surface area contributed by atoms with E-state index in [2.05, 4.69) is 31.2 Å². The molecule has 0 saturated carbocycles. The van der Waals surface area contributed by atoms with E-state index >= 15 is 0 Å². The fourth-order valence-corrected chi connectivity index (χ4v) is 2.45. The summed E-state index contributed by atoms with van der Waals surface area (Å²) in [6, 6.07) is 10.4. The third-order valence-electron chi connectivity index (χ3n) is 2.14. The number of thioether (sulfide) groups is 1. The minimum Gasteiger partial charge on any atom is -0.359 e. The SMILES string of the molecule is C[C@@]1(c2ccccc2)OCCS1. The zero-order valence-corrected chi connectivity index (χ0v) is 7.93. The molecule has 64 valence electrons. The molecule has 0 unspecified atom stereocenters. The van der Waals surface area contributed by atoms with Crippen molar-refractivity contribution in [1.82, 2.24) is 0 Å². The molecule has 1 aromatic carbocycles. The zero-order chi connectivity index (χ0) is 8.44. The summed E-state index contributed by atoms with van der Waals surface area (Å²) in [5.74, 6) is 1.10. The van der Waals surface area contributed by atoms with Crippen molar-refractivity contribution < 1.29 is 4.74 Å². The molecule has 0 bridgehead atoms. The van der Waals surface area contributed by atoms with Gasteiger partial charge in [-0.1, -0.05) is 30.3 Å². The van der Waals surface area contributed by atoms with E-state index in [0.29, 0.717) is 0 Å². The first-order valence-electron chi connectivity index (χ1n) is 4.15. The molecule has 1 atom stereocenters. The van der Waals surface area contributed by atoms with E-state index in [1.807, 2.05) is 17.8 Å². The molecule has 0 amide bonds. The van der Waals surface area contributed by atoms with Gasteiger partial charge in [0.2, 0.25) is 0 Å². The summed E-state index contributed by atoms with van der Waals surface area (Å²) < 4.78 is 5.69. The van der Waals surface area contributed by atoms with Crippen molar-refractivity contribution in [2.24, 2.45) is 0 Å². The predicted molar refractivity (Wildman–Crippen MR) is 52.2 cm³/mol. The van der Waals surface area contributed by atoms with E-state index < -0.39 is 0 Å². The molecule has 1 saturated heterocycles. The van der Waals surface area contributed by atoms with Crippen LogP contribution in [0.15, 0.2) is 30.3 Å². The van der Waals surface area contributed by atoms with Crippen molar-refractivity contribution in [2.75, 3.05) is 12.4 Å². The van der Waals surface area contributed by atoms with Crippen molar-refractivity contribution in [2.45, 2.75) is 11.9 Å². The third-order valence-corrected chi connectivity index (χ3v) is 3.41. The topological polar surface area (TPSA) is 9.23 Å². The Morgan fingerprint density at radius 1 is 1.33 bits per heavy atom. The lowest BCUT2D eigenvalue weighted by molar-refractivity contribution is 0.0644. The van der Waals surface area contributed by atoms with Crippen LogP contribution in [0, 0.1) is 0 Å². The van der Waals surface area contributed by atoms with Crippen molar-refractivity contribution >= 4 is 11.8 Å². The quantitative estimate of drug-likeness (QED) is 0.657. The summed E-state index contributed by atoms with van der Waals surface area (Å²) in [5.41, 5.74) is 1.27. The molecule has 1 aliphatic rings. The van der Waals surface area contributed by atoms with E-state index in [-0.39, 0.29) is 4.93 Å². The molecule has 12 heavy (non-hydrogen) atoms. The summed E-state index contributed by atoms with van der Waals surface area (Å²) in [6.45, 7) is 3.01. The summed E-state index contributed by atoms with van der Waals surface area (Å²) in [4.78, 5) is -0.0960. The van der Waals surface area contributed by atoms with Crippen LogP contribution in [0.1, 0.15) is 12.5 Å². The van der Waals surface area contributed by atoms with Gasteiger partial charge < -0.3 is 4.74 Å². The summed E-state index contributed by atoms with van der Waals surface area (Å²) in [5, 5.41) is 0. The molecule has 1 fully saturated rings. The summed E-state index contributed by atoms with van der Waals surface area (Å²) in [6.07, 6.45) is 0. The van der Waals surface area contributed by atoms with Gasteiger partial charge in [-0.15, -0.1) is 11.8 Å². The van der Waals surface area contributed by atoms with Gasteiger partial charge >= 0.3 is 0 Å². The second-order valence-corrected chi connectivity index (χ2v) is 4.48. The molecule has 2 rings (SSSR count). The summed E-state index contributed by atoms with van der Waals surface area (Å²) >= 11 is 1.88. The lowest BCUT2D eigenvalue weighted by Gasteiger charge is -2.22. The Morgan fingerprint density at radius 2 is 2.08 bits per heavy atom. The molecule has 2 heteroatoms. The van der Waals surface area contributed by atoms with Crippen LogP contribution in [0.25, 0.3) is 0 Å². The monoisotopic (exact) mass is 180 g/mol. The van der Waals surface area contributed by atoms with Crippen LogP contribution < -0.4 is 0 Å². The van der Waals surface area contributed by atoms with Crippen LogP contribution in [0.2, 0.25) is 0 Å². The highest BCUT2D eigenvalue weighted by Crippen LogP contribution is 2.41. The Kier molecular flexibility index (Phi) is 2.11. The van der Waals surface area contributed by atoms with Crippen molar-refractivity contribution in [3.63, 3.8) is 0 Å². The van der Waals surface area contributed by atoms with Gasteiger partial charge in [0.1, 0.15) is 4.93 Å². The van der Waals surface area contributed by atoms with Gasteiger partial charge in [-0.3, -0.25) is 0 Å². The smallest absolute Gasteiger partial charge is 0.136 e. The molecule has 1 aliphatic heterocycles. The van der Waals surface area contributed by atoms with Crippen molar-refractivity contribution in [3.05, 3.63) is 35.9 Å². The number of ether oxygens (including phenoxy) is 1. The van der Waals surface area contributed by atoms with Gasteiger partial charge in [-0.2, -0.15) is 0 Å².